The van der Waals surface area contributed by atoms with Crippen molar-refractivity contribution < 1.29 is 0 Å². The number of hydrogen-bond donors (Lipinski definition) is 1. The van der Waals surface area contributed by atoms with E-state index in [1.165, 1.54) is 69.2 Å². The van der Waals surface area contributed by atoms with E-state index >= 15 is 0 Å². The highest BCUT2D eigenvalue weighted by atomic mass is 15.7. The zero-order valence-corrected chi connectivity index (χ0v) is 14.5. The molecular weight excluding hydrogens is 258 g/mol. The second-order valence-corrected chi connectivity index (χ2v) is 6.12. The van der Waals surface area contributed by atoms with Gasteiger partial charge in [-0.05, 0) is 38.2 Å². The second kappa shape index (κ2) is 11.6. The van der Waals surface area contributed by atoms with Crippen molar-refractivity contribution in [3.8, 4) is 0 Å². The normalized spacial score (nSPS) is 14.7. The summed E-state index contributed by atoms with van der Waals surface area (Å²) >= 11 is 0. The van der Waals surface area contributed by atoms with Gasteiger partial charge < -0.3 is 0 Å². The van der Waals surface area contributed by atoms with Crippen molar-refractivity contribution in [2.24, 2.45) is 5.10 Å². The van der Waals surface area contributed by atoms with Gasteiger partial charge in [-0.2, -0.15) is 5.10 Å². The summed E-state index contributed by atoms with van der Waals surface area (Å²) in [6, 6.07) is 0. The first-order valence-corrected chi connectivity index (χ1v) is 9.12. The summed E-state index contributed by atoms with van der Waals surface area (Å²) in [7, 11) is 0. The smallest absolute Gasteiger partial charge is 0.0643 e. The van der Waals surface area contributed by atoms with Crippen molar-refractivity contribution in [2.75, 3.05) is 6.54 Å². The monoisotopic (exact) mass is 293 g/mol. The van der Waals surface area contributed by atoms with E-state index in [-0.39, 0.29) is 0 Å². The first-order chi connectivity index (χ1) is 10.3. The molecule has 0 aliphatic carbocycles. The molecule has 0 saturated carbocycles. The van der Waals surface area contributed by atoms with E-state index in [4.69, 9.17) is 5.10 Å². The lowest BCUT2D eigenvalue weighted by Gasteiger charge is -2.27. The van der Waals surface area contributed by atoms with Crippen molar-refractivity contribution in [3.63, 3.8) is 0 Å². The summed E-state index contributed by atoms with van der Waals surface area (Å²) in [6.07, 6.45) is 16.1. The molecule has 0 bridgehead atoms. The second-order valence-electron chi connectivity index (χ2n) is 6.12. The van der Waals surface area contributed by atoms with Crippen LogP contribution < -0.4 is 5.43 Å². The summed E-state index contributed by atoms with van der Waals surface area (Å²) < 4.78 is 0. The zero-order valence-electron chi connectivity index (χ0n) is 14.5. The summed E-state index contributed by atoms with van der Waals surface area (Å²) in [5.41, 5.74) is 6.13. The predicted molar refractivity (Wildman–Crippen MR) is 93.2 cm³/mol. The van der Waals surface area contributed by atoms with Gasteiger partial charge in [-0.3, -0.25) is 5.43 Å². The Balaban J connectivity index is 2.50. The predicted octanol–water partition coefficient (Wildman–Crippen LogP) is 5.40. The van der Waals surface area contributed by atoms with Crippen LogP contribution in [0.3, 0.4) is 0 Å². The van der Waals surface area contributed by atoms with Crippen molar-refractivity contribution in [1.82, 2.24) is 10.5 Å². The molecule has 1 N–H and O–H groups in total. The Kier molecular flexibility index (Phi) is 10.0. The molecule has 0 aromatic heterocycles. The Hall–Kier alpha value is -0.990. The largest absolute Gasteiger partial charge is 0.287 e. The third-order valence-electron chi connectivity index (χ3n) is 3.92. The molecule has 0 atom stereocenters. The third-order valence-corrected chi connectivity index (χ3v) is 3.92. The van der Waals surface area contributed by atoms with Gasteiger partial charge in [0.1, 0.15) is 0 Å². The van der Waals surface area contributed by atoms with E-state index in [1.54, 1.807) is 0 Å². The van der Waals surface area contributed by atoms with Crippen molar-refractivity contribution in [3.05, 3.63) is 11.8 Å². The molecule has 1 heterocycles. The minimum Gasteiger partial charge on any atom is -0.287 e. The van der Waals surface area contributed by atoms with E-state index in [0.29, 0.717) is 0 Å². The van der Waals surface area contributed by atoms with Crippen molar-refractivity contribution in [2.45, 2.75) is 91.4 Å². The fraction of sp³-hybridized carbons (Fsp3) is 0.833. The molecule has 0 aromatic rings. The number of allylic oxidation sites excluding steroid dienone is 2. The van der Waals surface area contributed by atoms with Crippen LogP contribution in [-0.4, -0.2) is 17.4 Å². The number of rotatable bonds is 12. The Bertz CT molecular complexity index is 320. The Labute approximate surface area is 131 Å². The van der Waals surface area contributed by atoms with Crippen molar-refractivity contribution >= 4 is 5.71 Å². The summed E-state index contributed by atoms with van der Waals surface area (Å²) in [4.78, 5) is 0. The number of unbranched alkanes of at least 4 members (excludes halogenated alkanes) is 6. The summed E-state index contributed by atoms with van der Waals surface area (Å²) in [5.74, 6) is 0. The quantitative estimate of drug-likeness (QED) is 0.488. The van der Waals surface area contributed by atoms with Gasteiger partial charge in [0.25, 0.3) is 0 Å². The van der Waals surface area contributed by atoms with Crippen LogP contribution in [0.15, 0.2) is 16.9 Å². The van der Waals surface area contributed by atoms with Gasteiger partial charge in [0, 0.05) is 5.70 Å². The molecule has 122 valence electrons. The fourth-order valence-corrected chi connectivity index (χ4v) is 2.60. The Morgan fingerprint density at radius 1 is 0.857 bits per heavy atom. The molecule has 0 saturated heterocycles. The first kappa shape index (κ1) is 18.1. The molecule has 1 rings (SSSR count). The van der Waals surface area contributed by atoms with Crippen LogP contribution >= 0.6 is 0 Å². The van der Waals surface area contributed by atoms with E-state index in [2.05, 4.69) is 37.4 Å². The van der Waals surface area contributed by atoms with E-state index in [0.717, 1.165) is 19.4 Å². The molecule has 0 radical (unpaired) electrons. The van der Waals surface area contributed by atoms with Crippen LogP contribution in [0.4, 0.5) is 0 Å². The van der Waals surface area contributed by atoms with E-state index < -0.39 is 0 Å². The molecule has 3 heteroatoms. The molecule has 0 amide bonds. The fourth-order valence-electron chi connectivity index (χ4n) is 2.60. The van der Waals surface area contributed by atoms with Gasteiger partial charge in [0.15, 0.2) is 0 Å². The topological polar surface area (TPSA) is 27.6 Å². The summed E-state index contributed by atoms with van der Waals surface area (Å²) in [6.45, 7) is 7.79. The highest BCUT2D eigenvalue weighted by Crippen LogP contribution is 2.14. The van der Waals surface area contributed by atoms with Crippen LogP contribution in [0.2, 0.25) is 0 Å². The number of hydrogen-bond acceptors (Lipinski definition) is 3. The molecule has 0 fully saturated rings. The molecule has 0 unspecified atom stereocenters. The number of hydrazone groups is 1. The van der Waals surface area contributed by atoms with Crippen LogP contribution in [0.5, 0.6) is 0 Å². The lowest BCUT2D eigenvalue weighted by Crippen LogP contribution is -2.37. The maximum atomic E-state index is 4.77. The van der Waals surface area contributed by atoms with Crippen LogP contribution in [0.1, 0.15) is 91.4 Å². The van der Waals surface area contributed by atoms with E-state index in [1.807, 2.05) is 0 Å². The molecule has 21 heavy (non-hydrogen) atoms. The minimum atomic E-state index is 1.02. The van der Waals surface area contributed by atoms with Gasteiger partial charge in [0.05, 0.1) is 12.3 Å². The first-order valence-electron chi connectivity index (χ1n) is 9.12. The molecule has 0 aromatic carbocycles. The SMILES string of the molecule is CCCCCC1=CC(CCCCC)=NN(CCCCC)N1. The van der Waals surface area contributed by atoms with Gasteiger partial charge in [-0.1, -0.05) is 59.3 Å². The molecular formula is C18H35N3. The van der Waals surface area contributed by atoms with Crippen LogP contribution in [0.25, 0.3) is 0 Å². The Morgan fingerprint density at radius 2 is 1.48 bits per heavy atom. The van der Waals surface area contributed by atoms with E-state index in [9.17, 15) is 0 Å². The summed E-state index contributed by atoms with van der Waals surface area (Å²) in [5, 5.41) is 6.85. The zero-order chi connectivity index (χ0) is 15.3. The maximum Gasteiger partial charge on any atom is 0.0643 e. The average Bonchev–Trinajstić information content (AvgIpc) is 2.48. The average molecular weight is 293 g/mol. The standard InChI is InChI=1S/C18H35N3/c1-4-7-10-13-17-16-18(14-11-8-5-2)20-21(19-17)15-12-9-6-3/h16,19H,4-15H2,1-3H3. The number of nitrogens with zero attached hydrogens (tertiary/aromatic N) is 2. The number of hydrazine groups is 1. The lowest BCUT2D eigenvalue weighted by atomic mass is 10.1. The van der Waals surface area contributed by atoms with Gasteiger partial charge in [0.2, 0.25) is 0 Å². The molecule has 0 spiro atoms. The number of nitrogens with one attached hydrogen (secondary N) is 1. The maximum absolute atomic E-state index is 4.77. The molecule has 3 nitrogen and oxygen atoms in total. The van der Waals surface area contributed by atoms with Crippen LogP contribution in [-0.2, 0) is 0 Å². The van der Waals surface area contributed by atoms with Crippen molar-refractivity contribution in [1.29, 1.82) is 0 Å². The molecule has 1 aliphatic rings. The highest BCUT2D eigenvalue weighted by Gasteiger charge is 2.12. The molecule has 1 aliphatic heterocycles. The van der Waals surface area contributed by atoms with Gasteiger partial charge >= 0.3 is 0 Å². The highest BCUT2D eigenvalue weighted by molar-refractivity contribution is 5.95. The minimum absolute atomic E-state index is 1.02. The Morgan fingerprint density at radius 3 is 2.14 bits per heavy atom. The van der Waals surface area contributed by atoms with Crippen LogP contribution in [0, 0.1) is 0 Å². The van der Waals surface area contributed by atoms with Gasteiger partial charge in [-0.25, -0.2) is 5.12 Å². The third kappa shape index (κ3) is 8.13. The lowest BCUT2D eigenvalue weighted by molar-refractivity contribution is 0.209. The van der Waals surface area contributed by atoms with Gasteiger partial charge in [-0.15, -0.1) is 0 Å².